The lowest BCUT2D eigenvalue weighted by Gasteiger charge is -2.43. The minimum absolute atomic E-state index is 0.0472. The Morgan fingerprint density at radius 3 is 2.42 bits per heavy atom. The van der Waals surface area contributed by atoms with Crippen molar-refractivity contribution < 1.29 is 9.90 Å². The lowest BCUT2D eigenvalue weighted by Crippen LogP contribution is -2.46. The van der Waals surface area contributed by atoms with Gasteiger partial charge in [0.15, 0.2) is 0 Å². The Morgan fingerprint density at radius 2 is 2.05 bits per heavy atom. The molecule has 4 heteroatoms. The third kappa shape index (κ3) is 4.62. The molecule has 1 N–H and O–H groups in total. The number of hydrogen-bond acceptors (Lipinski definition) is 3. The number of aliphatic carboxylic acids is 1. The topological polar surface area (TPSA) is 40.5 Å². The monoisotopic (exact) mass is 283 g/mol. The lowest BCUT2D eigenvalue weighted by atomic mass is 9.94. The first-order chi connectivity index (χ1) is 8.73. The summed E-state index contributed by atoms with van der Waals surface area (Å²) in [7, 11) is 0. The van der Waals surface area contributed by atoms with Gasteiger partial charge < -0.3 is 5.11 Å². The van der Waals surface area contributed by atoms with E-state index in [0.717, 1.165) is 0 Å². The van der Waals surface area contributed by atoms with Gasteiger partial charge in [0.2, 0.25) is 0 Å². The summed E-state index contributed by atoms with van der Waals surface area (Å²) >= 11 is 1.75. The summed E-state index contributed by atoms with van der Waals surface area (Å²) in [4.78, 5) is 14.5. The molecule has 1 atom stereocenters. The summed E-state index contributed by atoms with van der Waals surface area (Å²) in [5.74, 6) is -0.283. The Labute approximate surface area is 120 Å². The summed E-state index contributed by atoms with van der Waals surface area (Å²) in [5.41, 5.74) is -0.0472. The van der Waals surface area contributed by atoms with Crippen LogP contribution in [-0.4, -0.2) is 28.1 Å². The Kier molecular flexibility index (Phi) is 5.56. The van der Waals surface area contributed by atoms with Crippen LogP contribution in [0.5, 0.6) is 0 Å². The van der Waals surface area contributed by atoms with E-state index < -0.39 is 5.97 Å². The van der Waals surface area contributed by atoms with Crippen molar-refractivity contribution >= 4 is 17.3 Å². The molecule has 1 unspecified atom stereocenters. The van der Waals surface area contributed by atoms with Crippen molar-refractivity contribution in [1.29, 1.82) is 0 Å². The van der Waals surface area contributed by atoms with E-state index in [4.69, 9.17) is 5.11 Å². The van der Waals surface area contributed by atoms with Crippen molar-refractivity contribution in [2.75, 3.05) is 6.54 Å². The molecule has 1 aromatic rings. The zero-order valence-corrected chi connectivity index (χ0v) is 13.3. The molecule has 108 valence electrons. The van der Waals surface area contributed by atoms with E-state index in [2.05, 4.69) is 57.0 Å². The fourth-order valence-corrected chi connectivity index (χ4v) is 3.42. The van der Waals surface area contributed by atoms with Gasteiger partial charge in [-0.2, -0.15) is 0 Å². The van der Waals surface area contributed by atoms with Crippen LogP contribution in [0.1, 0.15) is 52.0 Å². The van der Waals surface area contributed by atoms with E-state index in [-0.39, 0.29) is 18.0 Å². The van der Waals surface area contributed by atoms with Crippen molar-refractivity contribution in [3.05, 3.63) is 22.4 Å². The largest absolute Gasteiger partial charge is 0.481 e. The molecule has 0 fully saturated rings. The lowest BCUT2D eigenvalue weighted by molar-refractivity contribution is -0.138. The van der Waals surface area contributed by atoms with E-state index in [1.807, 2.05) is 0 Å². The van der Waals surface area contributed by atoms with Gasteiger partial charge in [-0.15, -0.1) is 11.3 Å². The van der Waals surface area contributed by atoms with E-state index in [9.17, 15) is 4.79 Å². The SMILES string of the molecule is CC(C)C(c1cccs1)N(CCC(=O)O)C(C)(C)C. The van der Waals surface area contributed by atoms with Crippen LogP contribution in [0, 0.1) is 5.92 Å². The van der Waals surface area contributed by atoms with Crippen LogP contribution in [0.3, 0.4) is 0 Å². The first-order valence-electron chi connectivity index (χ1n) is 6.75. The molecule has 0 radical (unpaired) electrons. The quantitative estimate of drug-likeness (QED) is 0.857. The smallest absolute Gasteiger partial charge is 0.304 e. The van der Waals surface area contributed by atoms with Gasteiger partial charge in [-0.3, -0.25) is 9.69 Å². The maximum atomic E-state index is 10.9. The Bertz CT molecular complexity index is 393. The molecule has 1 aromatic heterocycles. The summed E-state index contributed by atoms with van der Waals surface area (Å²) in [6.45, 7) is 11.4. The van der Waals surface area contributed by atoms with E-state index >= 15 is 0 Å². The van der Waals surface area contributed by atoms with E-state index in [0.29, 0.717) is 12.5 Å². The van der Waals surface area contributed by atoms with Gasteiger partial charge in [0, 0.05) is 23.0 Å². The number of nitrogens with zero attached hydrogens (tertiary/aromatic N) is 1. The Hall–Kier alpha value is -0.870. The zero-order chi connectivity index (χ0) is 14.6. The van der Waals surface area contributed by atoms with Crippen LogP contribution in [0.2, 0.25) is 0 Å². The van der Waals surface area contributed by atoms with E-state index in [1.165, 1.54) is 4.88 Å². The molecule has 0 bridgehead atoms. The average molecular weight is 283 g/mol. The molecule has 3 nitrogen and oxygen atoms in total. The van der Waals surface area contributed by atoms with Crippen LogP contribution in [0.25, 0.3) is 0 Å². The molecule has 0 aliphatic rings. The van der Waals surface area contributed by atoms with Gasteiger partial charge in [-0.1, -0.05) is 19.9 Å². The van der Waals surface area contributed by atoms with Crippen LogP contribution in [0.15, 0.2) is 17.5 Å². The number of rotatable bonds is 6. The van der Waals surface area contributed by atoms with Gasteiger partial charge in [0.05, 0.1) is 6.42 Å². The maximum absolute atomic E-state index is 10.9. The highest BCUT2D eigenvalue weighted by Crippen LogP contribution is 2.36. The van der Waals surface area contributed by atoms with Gasteiger partial charge in [-0.25, -0.2) is 0 Å². The van der Waals surface area contributed by atoms with Gasteiger partial charge in [0.1, 0.15) is 0 Å². The molecule has 0 spiro atoms. The second-order valence-corrected chi connectivity index (χ2v) is 7.19. The van der Waals surface area contributed by atoms with Crippen LogP contribution in [-0.2, 0) is 4.79 Å². The van der Waals surface area contributed by atoms with Gasteiger partial charge in [0.25, 0.3) is 0 Å². The molecule has 1 heterocycles. The van der Waals surface area contributed by atoms with Crippen molar-refractivity contribution in [2.45, 2.75) is 52.6 Å². The van der Waals surface area contributed by atoms with Crippen molar-refractivity contribution in [1.82, 2.24) is 4.90 Å². The Morgan fingerprint density at radius 1 is 1.42 bits per heavy atom. The second-order valence-electron chi connectivity index (χ2n) is 6.21. The molecule has 19 heavy (non-hydrogen) atoms. The van der Waals surface area contributed by atoms with E-state index in [1.54, 1.807) is 11.3 Å². The average Bonchev–Trinajstić information content (AvgIpc) is 2.74. The van der Waals surface area contributed by atoms with Crippen molar-refractivity contribution in [2.24, 2.45) is 5.92 Å². The number of carboxylic acids is 1. The molecular formula is C15H25NO2S. The molecule has 0 amide bonds. The standard InChI is InChI=1S/C15H25NO2S/c1-11(2)14(12-7-6-10-19-12)16(15(3,4)5)9-8-13(17)18/h6-7,10-11,14H,8-9H2,1-5H3,(H,17,18). The van der Waals surface area contributed by atoms with Gasteiger partial charge >= 0.3 is 5.97 Å². The number of carboxylic acid groups (broad SMARTS) is 1. The highest BCUT2D eigenvalue weighted by atomic mass is 32.1. The summed E-state index contributed by atoms with van der Waals surface area (Å²) in [6, 6.07) is 4.49. The van der Waals surface area contributed by atoms with Crippen LogP contribution < -0.4 is 0 Å². The highest BCUT2D eigenvalue weighted by Gasteiger charge is 2.32. The normalized spacial score (nSPS) is 14.1. The fourth-order valence-electron chi connectivity index (χ4n) is 2.41. The highest BCUT2D eigenvalue weighted by molar-refractivity contribution is 7.10. The van der Waals surface area contributed by atoms with Crippen molar-refractivity contribution in [3.63, 3.8) is 0 Å². The summed E-state index contributed by atoms with van der Waals surface area (Å²) in [6.07, 6.45) is 0.186. The third-order valence-electron chi connectivity index (χ3n) is 3.23. The zero-order valence-electron chi connectivity index (χ0n) is 12.5. The molecule has 0 aliphatic carbocycles. The molecule has 0 saturated heterocycles. The molecular weight excluding hydrogens is 258 g/mol. The molecule has 0 saturated carbocycles. The first kappa shape index (κ1) is 16.2. The van der Waals surface area contributed by atoms with Crippen molar-refractivity contribution in [3.8, 4) is 0 Å². The maximum Gasteiger partial charge on any atom is 0.304 e. The number of hydrogen-bond donors (Lipinski definition) is 1. The molecule has 0 aromatic carbocycles. The number of carbonyl (C=O) groups is 1. The minimum atomic E-state index is -0.733. The Balaban J connectivity index is 3.01. The minimum Gasteiger partial charge on any atom is -0.481 e. The predicted molar refractivity (Wildman–Crippen MR) is 80.6 cm³/mol. The third-order valence-corrected chi connectivity index (χ3v) is 4.17. The summed E-state index contributed by atoms with van der Waals surface area (Å²) in [5, 5.41) is 11.0. The second kappa shape index (κ2) is 6.53. The first-order valence-corrected chi connectivity index (χ1v) is 7.63. The van der Waals surface area contributed by atoms with Crippen LogP contribution in [0.4, 0.5) is 0 Å². The van der Waals surface area contributed by atoms with Gasteiger partial charge in [-0.05, 0) is 38.1 Å². The number of thiophene rings is 1. The predicted octanol–water partition coefficient (Wildman–Crippen LogP) is 4.02. The summed E-state index contributed by atoms with van der Waals surface area (Å²) < 4.78 is 0. The molecule has 1 rings (SSSR count). The van der Waals surface area contributed by atoms with Crippen LogP contribution >= 0.6 is 11.3 Å². The molecule has 0 aliphatic heterocycles. The fraction of sp³-hybridized carbons (Fsp3) is 0.667.